The van der Waals surface area contributed by atoms with Crippen LogP contribution < -0.4 is 19.8 Å². The number of aliphatic imine (C=N–C) groups is 2. The van der Waals surface area contributed by atoms with E-state index in [0.717, 1.165) is 33.4 Å². The molecule has 0 saturated carbocycles. The summed E-state index contributed by atoms with van der Waals surface area (Å²) in [5.74, 6) is 1.30. The van der Waals surface area contributed by atoms with Gasteiger partial charge in [-0.15, -0.1) is 0 Å². The molecule has 2 atom stereocenters. The number of ether oxygens (including phenoxy) is 2. The molecular weight excluding hydrogens is 841 g/mol. The molecule has 55 heavy (non-hydrogen) atoms. The molecule has 6 N–H and O–H groups in total. The van der Waals surface area contributed by atoms with Crippen LogP contribution in [0.3, 0.4) is 0 Å². The Morgan fingerprint density at radius 1 is 0.655 bits per heavy atom. The molecule has 0 aromatic heterocycles. The Kier molecular flexibility index (Phi) is 16.3. The molecule has 0 saturated heterocycles. The summed E-state index contributed by atoms with van der Waals surface area (Å²) < 4.78 is 56.0. The van der Waals surface area contributed by atoms with Crippen molar-refractivity contribution in [1.82, 2.24) is 0 Å². The van der Waals surface area contributed by atoms with Crippen LogP contribution in [-0.4, -0.2) is 52.6 Å². The van der Waals surface area contributed by atoms with Crippen molar-refractivity contribution in [1.29, 1.82) is 0 Å². The normalized spacial score (nSPS) is 16.1. The van der Waals surface area contributed by atoms with Gasteiger partial charge in [0.2, 0.25) is 20.0 Å². The molecule has 2 unspecified atom stereocenters. The van der Waals surface area contributed by atoms with Gasteiger partial charge in [0.25, 0.3) is 0 Å². The summed E-state index contributed by atoms with van der Waals surface area (Å²) in [5.41, 5.74) is 6.63. The van der Waals surface area contributed by atoms with Crippen molar-refractivity contribution in [2.75, 3.05) is 13.1 Å². The van der Waals surface area contributed by atoms with E-state index in [1.807, 2.05) is 50.2 Å². The number of hydrogen-bond acceptors (Lipinski definition) is 10. The monoisotopic (exact) mass is 878 g/mol. The first-order chi connectivity index (χ1) is 26.1. The molecule has 6 rings (SSSR count). The number of aliphatic hydroxyl groups is 2. The predicted molar refractivity (Wildman–Crippen MR) is 211 cm³/mol. The van der Waals surface area contributed by atoms with Crippen LogP contribution in [0.5, 0.6) is 11.5 Å². The third kappa shape index (κ3) is 13.2. The first-order valence-corrected chi connectivity index (χ1v) is 27.7. The van der Waals surface area contributed by atoms with Crippen molar-refractivity contribution >= 4 is 51.9 Å². The molecule has 4 aromatic rings. The summed E-state index contributed by atoms with van der Waals surface area (Å²) in [6, 6.07) is 24.1. The van der Waals surface area contributed by atoms with Gasteiger partial charge in [-0.05, 0) is 86.3 Å². The Balaban J connectivity index is 0.000000228. The number of sulfonamides is 2. The number of aryl methyl sites for hydroxylation is 2. The standard InChI is InChI=1S/2C19H20N2O4S.2ClH.Zn/c2*1-13-2-7-18-17(10-13)19(22)15(12-25-18)11-21-9-8-14-3-5-16(6-4-14)26(20,23)24;;;/h2*2-7,10-12,19,22H,8-9H2,1H3,(H2,20,23,24);2*1H;/q;;;;+2/p-2. The van der Waals surface area contributed by atoms with Gasteiger partial charge in [-0.1, -0.05) is 47.5 Å². The van der Waals surface area contributed by atoms with E-state index in [0.29, 0.717) is 48.6 Å². The molecule has 2 aliphatic rings. The molecule has 2 aliphatic heterocycles. The zero-order valence-corrected chi connectivity index (χ0v) is 36.2. The van der Waals surface area contributed by atoms with E-state index >= 15 is 0 Å². The number of rotatable bonds is 10. The van der Waals surface area contributed by atoms with Crippen molar-refractivity contribution in [3.8, 4) is 11.5 Å². The number of nitrogens with two attached hydrogens (primary N) is 2. The second kappa shape index (κ2) is 20.4. The predicted octanol–water partition coefficient (Wildman–Crippen LogP) is 5.91. The molecule has 4 aromatic carbocycles. The summed E-state index contributed by atoms with van der Waals surface area (Å²) >= 11 is -0.931. The molecule has 0 fully saturated rings. The van der Waals surface area contributed by atoms with Gasteiger partial charge in [0.15, 0.2) is 0 Å². The van der Waals surface area contributed by atoms with E-state index in [2.05, 4.69) is 9.98 Å². The van der Waals surface area contributed by atoms with Crippen LogP contribution >= 0.6 is 19.4 Å². The Labute approximate surface area is 337 Å². The molecule has 0 bridgehead atoms. The first kappa shape index (κ1) is 44.0. The van der Waals surface area contributed by atoms with E-state index < -0.39 is 47.4 Å². The maximum absolute atomic E-state index is 11.2. The molecule has 17 heteroatoms. The average Bonchev–Trinajstić information content (AvgIpc) is 3.14. The van der Waals surface area contributed by atoms with Crippen LogP contribution in [0, 0.1) is 13.8 Å². The summed E-state index contributed by atoms with van der Waals surface area (Å²) in [6.45, 7) is 4.92. The molecule has 0 aliphatic carbocycles. The SMILES string of the molecule is Cc1ccc2c(c1)C(O)C(C=NCCc1ccc(S(N)(=O)=O)cc1)=CO2.Cc1ccc2c(c1)C(O)C(C=NCCc1ccc(S(N)(=O)=O)cc1)=CO2.[Cl][Zn][Cl]. The number of primary sulfonamides is 2. The Morgan fingerprint density at radius 3 is 1.33 bits per heavy atom. The van der Waals surface area contributed by atoms with E-state index in [4.69, 9.17) is 39.1 Å². The van der Waals surface area contributed by atoms with Crippen LogP contribution in [0.4, 0.5) is 0 Å². The van der Waals surface area contributed by atoms with Gasteiger partial charge in [0.1, 0.15) is 23.7 Å². The van der Waals surface area contributed by atoms with Crippen molar-refractivity contribution in [3.63, 3.8) is 0 Å². The summed E-state index contributed by atoms with van der Waals surface area (Å²) in [6.07, 6.45) is 5.97. The van der Waals surface area contributed by atoms with Gasteiger partial charge in [-0.3, -0.25) is 9.98 Å². The number of aliphatic hydroxyl groups excluding tert-OH is 2. The third-order valence-electron chi connectivity index (χ3n) is 8.24. The van der Waals surface area contributed by atoms with Crippen molar-refractivity contribution in [3.05, 3.63) is 142 Å². The third-order valence-corrected chi connectivity index (χ3v) is 10.1. The van der Waals surface area contributed by atoms with Crippen molar-refractivity contribution < 1.29 is 51.7 Å². The summed E-state index contributed by atoms with van der Waals surface area (Å²) in [4.78, 5) is 8.84. The molecule has 0 radical (unpaired) electrons. The minimum atomic E-state index is -3.67. The van der Waals surface area contributed by atoms with E-state index in [1.54, 1.807) is 36.7 Å². The minimum absolute atomic E-state index is 0.0892. The molecule has 288 valence electrons. The molecule has 0 spiro atoms. The zero-order chi connectivity index (χ0) is 40.2. The Hall–Kier alpha value is -3.76. The molecule has 12 nitrogen and oxygen atoms in total. The van der Waals surface area contributed by atoms with Crippen LogP contribution in [0.2, 0.25) is 0 Å². The number of nitrogens with zero attached hydrogens (tertiary/aromatic N) is 2. The van der Waals surface area contributed by atoms with E-state index in [1.165, 1.54) is 36.8 Å². The number of hydrogen-bond donors (Lipinski definition) is 4. The van der Waals surface area contributed by atoms with Crippen molar-refractivity contribution in [2.45, 2.75) is 48.7 Å². The fourth-order valence-corrected chi connectivity index (χ4v) is 6.38. The molecule has 0 amide bonds. The van der Waals surface area contributed by atoms with Crippen molar-refractivity contribution in [2.24, 2.45) is 20.3 Å². The fourth-order valence-electron chi connectivity index (χ4n) is 5.35. The molecule has 2 heterocycles. The number of benzene rings is 4. The van der Waals surface area contributed by atoms with Gasteiger partial charge in [-0.2, -0.15) is 0 Å². The summed E-state index contributed by atoms with van der Waals surface area (Å²) in [7, 11) is 2.56. The van der Waals surface area contributed by atoms with Gasteiger partial charge in [-0.25, -0.2) is 27.1 Å². The van der Waals surface area contributed by atoms with E-state index in [-0.39, 0.29) is 9.79 Å². The zero-order valence-electron chi connectivity index (χ0n) is 30.0. The second-order valence-corrected chi connectivity index (χ2v) is 20.2. The van der Waals surface area contributed by atoms with Crippen LogP contribution in [-0.2, 0) is 48.0 Å². The van der Waals surface area contributed by atoms with Crippen LogP contribution in [0.25, 0.3) is 0 Å². The van der Waals surface area contributed by atoms with Crippen LogP contribution in [0.15, 0.2) is 128 Å². The average molecular weight is 881 g/mol. The van der Waals surface area contributed by atoms with Crippen LogP contribution in [0.1, 0.15) is 45.6 Å². The van der Waals surface area contributed by atoms with E-state index in [9.17, 15) is 27.0 Å². The van der Waals surface area contributed by atoms with Gasteiger partial charge in [0.05, 0.1) is 22.3 Å². The summed E-state index contributed by atoms with van der Waals surface area (Å²) in [5, 5.41) is 31.1. The van der Waals surface area contributed by atoms with Gasteiger partial charge >= 0.3 is 34.5 Å². The quantitative estimate of drug-likeness (QED) is 0.111. The fraction of sp³-hybridized carbons (Fsp3) is 0.211. The first-order valence-electron chi connectivity index (χ1n) is 16.8. The number of fused-ring (bicyclic) bond motifs is 2. The topological polar surface area (TPSA) is 204 Å². The van der Waals surface area contributed by atoms with Gasteiger partial charge < -0.3 is 19.7 Å². The Bertz CT molecular complexity index is 2130. The Morgan fingerprint density at radius 2 is 1.00 bits per heavy atom. The maximum atomic E-state index is 11.2. The number of halogens is 2. The van der Waals surface area contributed by atoms with Gasteiger partial charge in [0, 0.05) is 47.8 Å². The second-order valence-electron chi connectivity index (χ2n) is 12.4. The molecular formula is C38H40Cl2N4O8S2Zn.